The van der Waals surface area contributed by atoms with Crippen molar-refractivity contribution >= 4 is 17.6 Å². The first-order valence-electron chi connectivity index (χ1n) is 9.58. The van der Waals surface area contributed by atoms with Crippen LogP contribution >= 0.6 is 0 Å². The minimum Gasteiger partial charge on any atom is -0.345 e. The molecule has 0 aliphatic carbocycles. The van der Waals surface area contributed by atoms with Crippen molar-refractivity contribution in [2.45, 2.75) is 38.6 Å². The van der Waals surface area contributed by atoms with Gasteiger partial charge in [0.05, 0.1) is 0 Å². The van der Waals surface area contributed by atoms with Gasteiger partial charge in [0.15, 0.2) is 0 Å². The van der Waals surface area contributed by atoms with Gasteiger partial charge in [0.2, 0.25) is 0 Å². The lowest BCUT2D eigenvalue weighted by Crippen LogP contribution is -2.50. The summed E-state index contributed by atoms with van der Waals surface area (Å²) >= 11 is 0. The fourth-order valence-corrected chi connectivity index (χ4v) is 3.89. The Morgan fingerprint density at radius 2 is 1.85 bits per heavy atom. The molecule has 2 fully saturated rings. The Hall–Kier alpha value is -2.08. The predicted octanol–water partition coefficient (Wildman–Crippen LogP) is 2.79. The van der Waals surface area contributed by atoms with E-state index in [1.165, 1.54) is 19.3 Å². The highest BCUT2D eigenvalue weighted by atomic mass is 16.2. The van der Waals surface area contributed by atoms with Gasteiger partial charge in [0.25, 0.3) is 5.91 Å². The van der Waals surface area contributed by atoms with Crippen LogP contribution in [-0.4, -0.2) is 73.0 Å². The number of hydrogen-bond acceptors (Lipinski definition) is 3. The molecule has 2 aliphatic heterocycles. The van der Waals surface area contributed by atoms with Crippen LogP contribution in [0.5, 0.6) is 0 Å². The molecule has 142 valence electrons. The number of amides is 3. The summed E-state index contributed by atoms with van der Waals surface area (Å²) in [6.07, 6.45) is 4.77. The Morgan fingerprint density at radius 1 is 1.12 bits per heavy atom. The standard InChI is InChI=1S/C20H30N4O2/c1-15-8-9-16(19(25)22(2)3)13-18(15)21-20(26)24-12-6-7-17(14-24)23-10-4-5-11-23/h8-9,13,17H,4-7,10-12,14H2,1-3H3,(H,21,26). The molecule has 1 unspecified atom stereocenters. The molecule has 1 aromatic rings. The van der Waals surface area contributed by atoms with Gasteiger partial charge in [-0.1, -0.05) is 6.07 Å². The molecule has 0 saturated carbocycles. The molecule has 0 radical (unpaired) electrons. The molecule has 0 aromatic heterocycles. The van der Waals surface area contributed by atoms with E-state index in [1.54, 1.807) is 31.1 Å². The number of carbonyl (C=O) groups excluding carboxylic acids is 2. The summed E-state index contributed by atoms with van der Waals surface area (Å²) in [6.45, 7) is 5.86. The van der Waals surface area contributed by atoms with Crippen LogP contribution in [0.3, 0.4) is 0 Å². The van der Waals surface area contributed by atoms with Gasteiger partial charge in [0, 0.05) is 44.5 Å². The van der Waals surface area contributed by atoms with E-state index in [9.17, 15) is 9.59 Å². The SMILES string of the molecule is Cc1ccc(C(=O)N(C)C)cc1NC(=O)N1CCCC(N2CCCC2)C1. The molecule has 3 rings (SSSR count). The molecular formula is C20H30N4O2. The van der Waals surface area contributed by atoms with Gasteiger partial charge in [-0.15, -0.1) is 0 Å². The molecule has 1 aromatic carbocycles. The van der Waals surface area contributed by atoms with Gasteiger partial charge >= 0.3 is 6.03 Å². The molecule has 6 nitrogen and oxygen atoms in total. The van der Waals surface area contributed by atoms with Gasteiger partial charge in [0.1, 0.15) is 0 Å². The van der Waals surface area contributed by atoms with Gasteiger partial charge in [-0.25, -0.2) is 4.79 Å². The predicted molar refractivity (Wildman–Crippen MR) is 104 cm³/mol. The lowest BCUT2D eigenvalue weighted by Gasteiger charge is -2.37. The van der Waals surface area contributed by atoms with Crippen molar-refractivity contribution in [2.75, 3.05) is 45.6 Å². The zero-order valence-corrected chi connectivity index (χ0v) is 16.1. The van der Waals surface area contributed by atoms with Crippen LogP contribution < -0.4 is 5.32 Å². The monoisotopic (exact) mass is 358 g/mol. The number of nitrogens with one attached hydrogen (secondary N) is 1. The molecule has 1 N–H and O–H groups in total. The van der Waals surface area contributed by atoms with E-state index in [4.69, 9.17) is 0 Å². The van der Waals surface area contributed by atoms with Crippen molar-refractivity contribution in [1.29, 1.82) is 0 Å². The molecule has 2 heterocycles. The number of rotatable bonds is 3. The Balaban J connectivity index is 1.67. The number of likely N-dealkylation sites (tertiary alicyclic amines) is 2. The molecular weight excluding hydrogens is 328 g/mol. The molecule has 2 saturated heterocycles. The van der Waals surface area contributed by atoms with E-state index in [0.29, 0.717) is 17.3 Å². The number of benzene rings is 1. The van der Waals surface area contributed by atoms with E-state index in [0.717, 1.165) is 38.2 Å². The molecule has 1 atom stereocenters. The number of aryl methyl sites for hydroxylation is 1. The van der Waals surface area contributed by atoms with E-state index < -0.39 is 0 Å². The molecule has 0 spiro atoms. The minimum absolute atomic E-state index is 0.0624. The van der Waals surface area contributed by atoms with Crippen molar-refractivity contribution in [3.05, 3.63) is 29.3 Å². The van der Waals surface area contributed by atoms with E-state index >= 15 is 0 Å². The third kappa shape index (κ3) is 4.18. The first-order valence-corrected chi connectivity index (χ1v) is 9.58. The smallest absolute Gasteiger partial charge is 0.321 e. The van der Waals surface area contributed by atoms with Crippen LogP contribution in [0.25, 0.3) is 0 Å². The number of anilines is 1. The number of hydrogen-bond donors (Lipinski definition) is 1. The molecule has 26 heavy (non-hydrogen) atoms. The van der Waals surface area contributed by atoms with E-state index in [1.807, 2.05) is 17.9 Å². The Bertz CT molecular complexity index is 668. The summed E-state index contributed by atoms with van der Waals surface area (Å²) in [6, 6.07) is 5.89. The van der Waals surface area contributed by atoms with Gasteiger partial charge in [-0.05, 0) is 63.4 Å². The summed E-state index contributed by atoms with van der Waals surface area (Å²) in [5.41, 5.74) is 2.26. The van der Waals surface area contributed by atoms with Crippen LogP contribution in [0.4, 0.5) is 10.5 Å². The third-order valence-corrected chi connectivity index (χ3v) is 5.47. The fourth-order valence-electron chi connectivity index (χ4n) is 3.89. The molecule has 2 aliphatic rings. The molecule has 3 amide bonds. The lowest BCUT2D eigenvalue weighted by molar-refractivity contribution is 0.0827. The molecule has 6 heteroatoms. The molecule has 0 bridgehead atoms. The van der Waals surface area contributed by atoms with Crippen molar-refractivity contribution < 1.29 is 9.59 Å². The quantitative estimate of drug-likeness (QED) is 0.904. The van der Waals surface area contributed by atoms with Crippen molar-refractivity contribution in [3.8, 4) is 0 Å². The second-order valence-corrected chi connectivity index (χ2v) is 7.64. The van der Waals surface area contributed by atoms with Crippen LogP contribution in [-0.2, 0) is 0 Å². The highest BCUT2D eigenvalue weighted by molar-refractivity contribution is 5.97. The number of carbonyl (C=O) groups is 2. The average Bonchev–Trinajstić information content (AvgIpc) is 3.17. The highest BCUT2D eigenvalue weighted by Crippen LogP contribution is 2.22. The maximum atomic E-state index is 12.8. The zero-order chi connectivity index (χ0) is 18.7. The van der Waals surface area contributed by atoms with Gasteiger partial charge in [-0.2, -0.15) is 0 Å². The topological polar surface area (TPSA) is 55.9 Å². The Labute approximate surface area is 156 Å². The van der Waals surface area contributed by atoms with E-state index in [2.05, 4.69) is 10.2 Å². The normalized spacial score (nSPS) is 20.9. The summed E-state index contributed by atoms with van der Waals surface area (Å²) in [4.78, 5) is 31.0. The number of nitrogens with zero attached hydrogens (tertiary/aromatic N) is 3. The lowest BCUT2D eigenvalue weighted by atomic mass is 10.0. The van der Waals surface area contributed by atoms with Crippen LogP contribution in [0.2, 0.25) is 0 Å². The second kappa shape index (κ2) is 8.08. The van der Waals surface area contributed by atoms with Crippen molar-refractivity contribution in [2.24, 2.45) is 0 Å². The minimum atomic E-state index is -0.0635. The van der Waals surface area contributed by atoms with Gasteiger partial charge in [-0.3, -0.25) is 9.69 Å². The summed E-state index contributed by atoms with van der Waals surface area (Å²) < 4.78 is 0. The fraction of sp³-hybridized carbons (Fsp3) is 0.600. The summed E-state index contributed by atoms with van der Waals surface area (Å²) in [5, 5.41) is 3.02. The number of piperidine rings is 1. The van der Waals surface area contributed by atoms with E-state index in [-0.39, 0.29) is 11.9 Å². The Morgan fingerprint density at radius 3 is 2.54 bits per heavy atom. The second-order valence-electron chi connectivity index (χ2n) is 7.64. The first-order chi connectivity index (χ1) is 12.5. The zero-order valence-electron chi connectivity index (χ0n) is 16.1. The Kier molecular flexibility index (Phi) is 5.81. The highest BCUT2D eigenvalue weighted by Gasteiger charge is 2.29. The first kappa shape index (κ1) is 18.7. The van der Waals surface area contributed by atoms with Crippen molar-refractivity contribution in [3.63, 3.8) is 0 Å². The third-order valence-electron chi connectivity index (χ3n) is 5.47. The largest absolute Gasteiger partial charge is 0.345 e. The van der Waals surface area contributed by atoms with Gasteiger partial charge < -0.3 is 15.1 Å². The summed E-state index contributed by atoms with van der Waals surface area (Å²) in [7, 11) is 3.46. The average molecular weight is 358 g/mol. The maximum absolute atomic E-state index is 12.8. The van der Waals surface area contributed by atoms with Crippen molar-refractivity contribution in [1.82, 2.24) is 14.7 Å². The van der Waals surface area contributed by atoms with Crippen LogP contribution in [0.15, 0.2) is 18.2 Å². The number of urea groups is 1. The van der Waals surface area contributed by atoms with Crippen LogP contribution in [0, 0.1) is 6.92 Å². The maximum Gasteiger partial charge on any atom is 0.321 e. The summed E-state index contributed by atoms with van der Waals surface area (Å²) in [5.74, 6) is -0.0624. The van der Waals surface area contributed by atoms with Crippen LogP contribution in [0.1, 0.15) is 41.6 Å².